The Balaban J connectivity index is 2.38. The number of hydrogen-bond acceptors (Lipinski definition) is 4. The van der Waals surface area contributed by atoms with Crippen LogP contribution in [0.25, 0.3) is 0 Å². The number of hydrogen-bond donors (Lipinski definition) is 1. The van der Waals surface area contributed by atoms with Crippen molar-refractivity contribution >= 4 is 10.3 Å². The van der Waals surface area contributed by atoms with Gasteiger partial charge in [-0.3, -0.25) is 4.18 Å². The number of rotatable bonds is 5. The minimum Gasteiger partial charge on any atom is -0.491 e. The fraction of sp³-hybridized carbons (Fsp3) is 0.333. The first kappa shape index (κ1) is 12.0. The zero-order valence-corrected chi connectivity index (χ0v) is 9.11. The molecule has 0 aliphatic carbocycles. The molecule has 1 atom stereocenters. The van der Waals surface area contributed by atoms with Crippen LogP contribution in [-0.4, -0.2) is 21.1 Å². The van der Waals surface area contributed by atoms with E-state index >= 15 is 0 Å². The van der Waals surface area contributed by atoms with E-state index in [1.54, 1.807) is 19.1 Å². The van der Waals surface area contributed by atoms with Crippen molar-refractivity contribution < 1.29 is 17.3 Å². The molecule has 15 heavy (non-hydrogen) atoms. The Morgan fingerprint density at radius 2 is 1.93 bits per heavy atom. The summed E-state index contributed by atoms with van der Waals surface area (Å²) in [4.78, 5) is 0. The molecule has 0 spiro atoms. The predicted molar refractivity (Wildman–Crippen MR) is 55.6 cm³/mol. The van der Waals surface area contributed by atoms with Gasteiger partial charge in [-0.05, 0) is 19.1 Å². The van der Waals surface area contributed by atoms with Gasteiger partial charge in [0.2, 0.25) is 0 Å². The molecule has 0 aliphatic heterocycles. The summed E-state index contributed by atoms with van der Waals surface area (Å²) >= 11 is 0. The molecule has 1 aromatic carbocycles. The van der Waals surface area contributed by atoms with Crippen LogP contribution >= 0.6 is 0 Å². The Kier molecular flexibility index (Phi) is 4.07. The van der Waals surface area contributed by atoms with E-state index in [0.717, 1.165) is 0 Å². The molecule has 1 unspecified atom stereocenters. The molecule has 0 amide bonds. The quantitative estimate of drug-likeness (QED) is 0.808. The van der Waals surface area contributed by atoms with Crippen LogP contribution in [0.3, 0.4) is 0 Å². The van der Waals surface area contributed by atoms with Gasteiger partial charge < -0.3 is 4.74 Å². The molecule has 1 rings (SSSR count). The SMILES string of the molecule is CC(COc1ccccc1)OS(N)(=O)=O. The zero-order chi connectivity index (χ0) is 11.3. The second kappa shape index (κ2) is 5.11. The Labute approximate surface area is 89.1 Å². The molecule has 0 saturated heterocycles. The first-order valence-electron chi connectivity index (χ1n) is 4.36. The van der Waals surface area contributed by atoms with E-state index in [9.17, 15) is 8.42 Å². The van der Waals surface area contributed by atoms with Crippen molar-refractivity contribution in [1.82, 2.24) is 0 Å². The average Bonchev–Trinajstić information content (AvgIpc) is 2.14. The highest BCUT2D eigenvalue weighted by Gasteiger charge is 2.11. The van der Waals surface area contributed by atoms with Crippen LogP contribution in [0.15, 0.2) is 30.3 Å². The van der Waals surface area contributed by atoms with Gasteiger partial charge in [0.1, 0.15) is 18.5 Å². The topological polar surface area (TPSA) is 78.6 Å². The molecular formula is C9H13NO4S. The maximum absolute atomic E-state index is 10.6. The summed E-state index contributed by atoms with van der Waals surface area (Å²) in [7, 11) is -3.91. The van der Waals surface area contributed by atoms with Gasteiger partial charge in [-0.25, -0.2) is 5.14 Å². The molecule has 6 heteroatoms. The summed E-state index contributed by atoms with van der Waals surface area (Å²) in [5.41, 5.74) is 0. The van der Waals surface area contributed by atoms with Gasteiger partial charge in [0, 0.05) is 0 Å². The highest BCUT2D eigenvalue weighted by molar-refractivity contribution is 7.84. The lowest BCUT2D eigenvalue weighted by molar-refractivity contribution is 0.149. The molecule has 0 heterocycles. The minimum absolute atomic E-state index is 0.125. The van der Waals surface area contributed by atoms with Crippen molar-refractivity contribution in [2.24, 2.45) is 5.14 Å². The molecule has 5 nitrogen and oxygen atoms in total. The molecule has 2 N–H and O–H groups in total. The molecule has 0 radical (unpaired) electrons. The molecule has 0 saturated carbocycles. The summed E-state index contributed by atoms with van der Waals surface area (Å²) in [6.45, 7) is 1.69. The zero-order valence-electron chi connectivity index (χ0n) is 8.29. The van der Waals surface area contributed by atoms with Crippen LogP contribution in [0.2, 0.25) is 0 Å². The van der Waals surface area contributed by atoms with Gasteiger partial charge in [0.05, 0.1) is 0 Å². The van der Waals surface area contributed by atoms with Gasteiger partial charge in [-0.2, -0.15) is 8.42 Å². The molecule has 84 valence electrons. The fourth-order valence-electron chi connectivity index (χ4n) is 0.987. The summed E-state index contributed by atoms with van der Waals surface area (Å²) < 4.78 is 30.9. The molecule has 0 aliphatic rings. The number of benzene rings is 1. The second-order valence-corrected chi connectivity index (χ2v) is 4.20. The molecule has 1 aromatic rings. The predicted octanol–water partition coefficient (Wildman–Crippen LogP) is 0.674. The van der Waals surface area contributed by atoms with E-state index in [0.29, 0.717) is 5.75 Å². The van der Waals surface area contributed by atoms with Crippen molar-refractivity contribution in [3.8, 4) is 5.75 Å². The molecule has 0 fully saturated rings. The Morgan fingerprint density at radius 1 is 1.33 bits per heavy atom. The van der Waals surface area contributed by atoms with Crippen LogP contribution in [0.1, 0.15) is 6.92 Å². The molecular weight excluding hydrogens is 218 g/mol. The van der Waals surface area contributed by atoms with E-state index in [4.69, 9.17) is 9.88 Å². The third-order valence-electron chi connectivity index (χ3n) is 1.53. The highest BCUT2D eigenvalue weighted by atomic mass is 32.2. The normalized spacial score (nSPS) is 13.5. The summed E-state index contributed by atoms with van der Waals surface area (Å²) in [5.74, 6) is 0.655. The van der Waals surface area contributed by atoms with Crippen molar-refractivity contribution in [3.63, 3.8) is 0 Å². The van der Waals surface area contributed by atoms with Crippen LogP contribution in [0.4, 0.5) is 0 Å². The number of nitrogens with two attached hydrogens (primary N) is 1. The smallest absolute Gasteiger partial charge is 0.333 e. The van der Waals surface area contributed by atoms with Crippen LogP contribution in [-0.2, 0) is 14.5 Å². The Bertz CT molecular complexity index is 390. The lowest BCUT2D eigenvalue weighted by atomic mass is 10.3. The van der Waals surface area contributed by atoms with E-state index in [1.165, 1.54) is 0 Å². The van der Waals surface area contributed by atoms with E-state index in [2.05, 4.69) is 4.18 Å². The monoisotopic (exact) mass is 231 g/mol. The lowest BCUT2D eigenvalue weighted by Crippen LogP contribution is -2.26. The third-order valence-corrected chi connectivity index (χ3v) is 2.12. The second-order valence-electron chi connectivity index (χ2n) is 3.02. The number of ether oxygens (including phenoxy) is 1. The van der Waals surface area contributed by atoms with Crippen LogP contribution in [0.5, 0.6) is 5.75 Å². The first-order valence-corrected chi connectivity index (χ1v) is 5.83. The largest absolute Gasteiger partial charge is 0.491 e. The first-order chi connectivity index (χ1) is 6.97. The Morgan fingerprint density at radius 3 is 2.47 bits per heavy atom. The van der Waals surface area contributed by atoms with Crippen molar-refractivity contribution in [2.75, 3.05) is 6.61 Å². The highest BCUT2D eigenvalue weighted by Crippen LogP contribution is 2.09. The van der Waals surface area contributed by atoms with Crippen LogP contribution < -0.4 is 9.88 Å². The van der Waals surface area contributed by atoms with Crippen molar-refractivity contribution in [2.45, 2.75) is 13.0 Å². The standard InChI is InChI=1S/C9H13NO4S/c1-8(14-15(10,11)12)7-13-9-5-3-2-4-6-9/h2-6,8H,7H2,1H3,(H2,10,11,12). The van der Waals surface area contributed by atoms with E-state index in [-0.39, 0.29) is 6.61 Å². The Hall–Kier alpha value is -1.11. The average molecular weight is 231 g/mol. The third kappa shape index (κ3) is 5.36. The van der Waals surface area contributed by atoms with E-state index < -0.39 is 16.4 Å². The van der Waals surface area contributed by atoms with Gasteiger partial charge in [-0.15, -0.1) is 0 Å². The maximum Gasteiger partial charge on any atom is 0.333 e. The van der Waals surface area contributed by atoms with Gasteiger partial charge in [-0.1, -0.05) is 18.2 Å². The van der Waals surface area contributed by atoms with E-state index in [1.807, 2.05) is 18.2 Å². The molecule has 0 aromatic heterocycles. The summed E-state index contributed by atoms with van der Waals surface area (Å²) in [6.07, 6.45) is -0.611. The van der Waals surface area contributed by atoms with Crippen LogP contribution in [0, 0.1) is 0 Å². The fourth-order valence-corrected chi connectivity index (χ4v) is 1.50. The minimum atomic E-state index is -3.91. The van der Waals surface area contributed by atoms with Crippen molar-refractivity contribution in [3.05, 3.63) is 30.3 Å². The van der Waals surface area contributed by atoms with Gasteiger partial charge in [0.15, 0.2) is 0 Å². The van der Waals surface area contributed by atoms with Gasteiger partial charge in [0.25, 0.3) is 0 Å². The summed E-state index contributed by atoms with van der Waals surface area (Å²) in [6, 6.07) is 9.03. The number of para-hydroxylation sites is 1. The van der Waals surface area contributed by atoms with Gasteiger partial charge >= 0.3 is 10.3 Å². The summed E-state index contributed by atoms with van der Waals surface area (Å²) in [5, 5.41) is 4.70. The lowest BCUT2D eigenvalue weighted by Gasteiger charge is -2.11. The van der Waals surface area contributed by atoms with Crippen molar-refractivity contribution in [1.29, 1.82) is 0 Å². The maximum atomic E-state index is 10.6. The molecule has 0 bridgehead atoms.